The van der Waals surface area contributed by atoms with E-state index in [-0.39, 0.29) is 10.8 Å². The molecule has 0 bridgehead atoms. The van der Waals surface area contributed by atoms with Gasteiger partial charge in [-0.2, -0.15) is 0 Å². The molecular weight excluding hydrogens is 160 g/mol. The minimum atomic E-state index is -0.134. The van der Waals surface area contributed by atoms with E-state index in [1.807, 2.05) is 0 Å². The molecule has 0 aromatic carbocycles. The third kappa shape index (κ3) is 0.905. The number of carbonyl (C=O) groups excluding carboxylic acids is 1. The Morgan fingerprint density at radius 2 is 2.00 bits per heavy atom. The molecule has 2 atom stereocenters. The van der Waals surface area contributed by atoms with Crippen molar-refractivity contribution >= 4 is 5.78 Å². The fraction of sp³-hybridized carbons (Fsp3) is 0.750. The summed E-state index contributed by atoms with van der Waals surface area (Å²) in [6.07, 6.45) is 6.48. The summed E-state index contributed by atoms with van der Waals surface area (Å²) in [5, 5.41) is 0. The summed E-state index contributed by atoms with van der Waals surface area (Å²) >= 11 is 0. The zero-order chi connectivity index (χ0) is 9.69. The molecule has 0 aliphatic heterocycles. The average molecular weight is 178 g/mol. The largest absolute Gasteiger partial charge is 0.299 e. The van der Waals surface area contributed by atoms with Crippen LogP contribution in [0.2, 0.25) is 0 Å². The van der Waals surface area contributed by atoms with Gasteiger partial charge in [-0.3, -0.25) is 4.79 Å². The summed E-state index contributed by atoms with van der Waals surface area (Å²) in [5.74, 6) is 0.462. The monoisotopic (exact) mass is 178 g/mol. The zero-order valence-electron chi connectivity index (χ0n) is 8.81. The number of carbonyl (C=O) groups is 1. The second kappa shape index (κ2) is 2.46. The maximum absolute atomic E-state index is 11.9. The van der Waals surface area contributed by atoms with Crippen LogP contribution in [0.4, 0.5) is 0 Å². The van der Waals surface area contributed by atoms with E-state index < -0.39 is 0 Å². The molecule has 1 nitrogen and oxygen atoms in total. The van der Waals surface area contributed by atoms with Crippen LogP contribution in [0, 0.1) is 10.8 Å². The van der Waals surface area contributed by atoms with E-state index in [1.165, 1.54) is 12.0 Å². The van der Waals surface area contributed by atoms with Gasteiger partial charge in [0.1, 0.15) is 5.78 Å². The van der Waals surface area contributed by atoms with Gasteiger partial charge in [0.25, 0.3) is 0 Å². The first-order valence-corrected chi connectivity index (χ1v) is 5.21. The third-order valence-corrected chi connectivity index (χ3v) is 4.60. The minimum Gasteiger partial charge on any atom is -0.299 e. The topological polar surface area (TPSA) is 17.1 Å². The van der Waals surface area contributed by atoms with Crippen LogP contribution >= 0.6 is 0 Å². The van der Waals surface area contributed by atoms with Crippen LogP contribution in [-0.2, 0) is 4.79 Å². The average Bonchev–Trinajstić information content (AvgIpc) is 2.31. The molecule has 0 radical (unpaired) electrons. The Morgan fingerprint density at radius 3 is 2.62 bits per heavy atom. The van der Waals surface area contributed by atoms with Crippen molar-refractivity contribution in [3.63, 3.8) is 0 Å². The van der Waals surface area contributed by atoms with Gasteiger partial charge in [0.2, 0.25) is 0 Å². The van der Waals surface area contributed by atoms with Crippen molar-refractivity contribution in [2.24, 2.45) is 10.8 Å². The summed E-state index contributed by atoms with van der Waals surface area (Å²) in [4.78, 5) is 11.9. The maximum atomic E-state index is 11.9. The Bertz CT molecular complexity index is 289. The number of fused-ring (bicyclic) bond motifs is 1. The van der Waals surface area contributed by atoms with E-state index in [2.05, 4.69) is 26.8 Å². The van der Waals surface area contributed by atoms with Crippen LogP contribution in [0.1, 0.15) is 46.5 Å². The smallest absolute Gasteiger partial charge is 0.143 e. The fourth-order valence-corrected chi connectivity index (χ4v) is 3.11. The standard InChI is InChI=1S/C12H18O/c1-9-5-4-7-11(2)8-6-10(13)12(9,11)3/h5H,4,6-8H2,1-3H3. The van der Waals surface area contributed by atoms with Gasteiger partial charge in [0, 0.05) is 6.42 Å². The lowest BCUT2D eigenvalue weighted by atomic mass is 9.59. The van der Waals surface area contributed by atoms with Crippen molar-refractivity contribution in [2.75, 3.05) is 0 Å². The lowest BCUT2D eigenvalue weighted by Crippen LogP contribution is -2.40. The molecule has 13 heavy (non-hydrogen) atoms. The van der Waals surface area contributed by atoms with Crippen LogP contribution in [0.5, 0.6) is 0 Å². The highest BCUT2D eigenvalue weighted by molar-refractivity contribution is 5.91. The Labute approximate surface area is 80.2 Å². The molecule has 0 N–H and O–H groups in total. The summed E-state index contributed by atoms with van der Waals surface area (Å²) in [7, 11) is 0. The van der Waals surface area contributed by atoms with Crippen LogP contribution in [0.15, 0.2) is 11.6 Å². The first kappa shape index (κ1) is 8.98. The molecule has 1 heteroatoms. The van der Waals surface area contributed by atoms with Crippen molar-refractivity contribution in [3.05, 3.63) is 11.6 Å². The molecule has 0 spiro atoms. The Balaban J connectivity index is 2.53. The highest BCUT2D eigenvalue weighted by atomic mass is 16.1. The molecule has 1 saturated carbocycles. The van der Waals surface area contributed by atoms with Gasteiger partial charge in [-0.25, -0.2) is 0 Å². The predicted octanol–water partition coefficient (Wildman–Crippen LogP) is 3.10. The Morgan fingerprint density at radius 1 is 1.31 bits per heavy atom. The molecule has 0 aromatic rings. The molecule has 0 aromatic heterocycles. The van der Waals surface area contributed by atoms with E-state index in [1.54, 1.807) is 0 Å². The summed E-state index contributed by atoms with van der Waals surface area (Å²) in [6, 6.07) is 0. The van der Waals surface area contributed by atoms with Gasteiger partial charge in [0.05, 0.1) is 5.41 Å². The number of hydrogen-bond acceptors (Lipinski definition) is 1. The van der Waals surface area contributed by atoms with E-state index in [9.17, 15) is 4.79 Å². The quantitative estimate of drug-likeness (QED) is 0.521. The Kier molecular flexibility index (Phi) is 1.70. The van der Waals surface area contributed by atoms with Crippen molar-refractivity contribution in [1.29, 1.82) is 0 Å². The van der Waals surface area contributed by atoms with Crippen LogP contribution in [-0.4, -0.2) is 5.78 Å². The van der Waals surface area contributed by atoms with Gasteiger partial charge >= 0.3 is 0 Å². The fourth-order valence-electron chi connectivity index (χ4n) is 3.11. The van der Waals surface area contributed by atoms with Gasteiger partial charge in [-0.05, 0) is 38.5 Å². The molecule has 0 amide bonds. The molecule has 0 heterocycles. The summed E-state index contributed by atoms with van der Waals surface area (Å²) < 4.78 is 0. The molecular formula is C12H18O. The Hall–Kier alpha value is -0.590. The van der Waals surface area contributed by atoms with Crippen molar-refractivity contribution in [2.45, 2.75) is 46.5 Å². The number of allylic oxidation sites excluding steroid dienone is 2. The third-order valence-electron chi connectivity index (χ3n) is 4.60. The van der Waals surface area contributed by atoms with Crippen LogP contribution in [0.3, 0.4) is 0 Å². The lowest BCUT2D eigenvalue weighted by molar-refractivity contribution is -0.126. The number of hydrogen-bond donors (Lipinski definition) is 0. The van der Waals surface area contributed by atoms with E-state index >= 15 is 0 Å². The van der Waals surface area contributed by atoms with E-state index in [0.29, 0.717) is 5.78 Å². The van der Waals surface area contributed by atoms with E-state index in [4.69, 9.17) is 0 Å². The molecule has 2 aliphatic rings. The van der Waals surface area contributed by atoms with Crippen molar-refractivity contribution < 1.29 is 4.79 Å². The molecule has 72 valence electrons. The second-order valence-electron chi connectivity index (χ2n) is 5.03. The van der Waals surface area contributed by atoms with E-state index in [0.717, 1.165) is 19.3 Å². The summed E-state index contributed by atoms with van der Waals surface area (Å²) in [5.41, 5.74) is 1.43. The molecule has 2 rings (SSSR count). The van der Waals surface area contributed by atoms with Crippen LogP contribution in [0.25, 0.3) is 0 Å². The summed E-state index contributed by atoms with van der Waals surface area (Å²) in [6.45, 7) is 6.56. The highest BCUT2D eigenvalue weighted by Crippen LogP contribution is 2.58. The van der Waals surface area contributed by atoms with Gasteiger partial charge < -0.3 is 0 Å². The molecule has 1 fully saturated rings. The molecule has 2 unspecified atom stereocenters. The van der Waals surface area contributed by atoms with Crippen molar-refractivity contribution in [1.82, 2.24) is 0 Å². The van der Waals surface area contributed by atoms with Gasteiger partial charge in [-0.15, -0.1) is 0 Å². The zero-order valence-corrected chi connectivity index (χ0v) is 8.81. The maximum Gasteiger partial charge on any atom is 0.143 e. The lowest BCUT2D eigenvalue weighted by Gasteiger charge is -2.43. The first-order valence-electron chi connectivity index (χ1n) is 5.21. The van der Waals surface area contributed by atoms with Crippen LogP contribution < -0.4 is 0 Å². The highest BCUT2D eigenvalue weighted by Gasteiger charge is 2.55. The van der Waals surface area contributed by atoms with Gasteiger partial charge in [-0.1, -0.05) is 18.6 Å². The minimum absolute atomic E-state index is 0.134. The molecule has 2 aliphatic carbocycles. The predicted molar refractivity (Wildman–Crippen MR) is 53.4 cm³/mol. The van der Waals surface area contributed by atoms with Gasteiger partial charge in [0.15, 0.2) is 0 Å². The molecule has 0 saturated heterocycles. The van der Waals surface area contributed by atoms with Crippen molar-refractivity contribution in [3.8, 4) is 0 Å². The first-order chi connectivity index (χ1) is 6.01. The normalized spacial score (nSPS) is 44.5. The number of ketones is 1. The number of rotatable bonds is 0. The second-order valence-corrected chi connectivity index (χ2v) is 5.03. The SMILES string of the molecule is CC1=CCCC2(C)CCC(=O)C12C. The number of Topliss-reactive ketones (excluding diaryl/α,β-unsaturated/α-hetero) is 1.